The highest BCUT2D eigenvalue weighted by Crippen LogP contribution is 2.31. The highest BCUT2D eigenvalue weighted by atomic mass is 16.6. The van der Waals surface area contributed by atoms with E-state index in [0.717, 1.165) is 24.3 Å². The predicted molar refractivity (Wildman–Crippen MR) is 114 cm³/mol. The molecule has 0 aliphatic carbocycles. The lowest BCUT2D eigenvalue weighted by molar-refractivity contribution is -0.133. The molecule has 7 heteroatoms. The minimum Gasteiger partial charge on any atom is -0.486 e. The Kier molecular flexibility index (Phi) is 7.17. The predicted octanol–water partition coefficient (Wildman–Crippen LogP) is 3.12. The summed E-state index contributed by atoms with van der Waals surface area (Å²) >= 11 is 0. The third-order valence-electron chi connectivity index (χ3n) is 5.01. The van der Waals surface area contributed by atoms with Gasteiger partial charge in [-0.2, -0.15) is 0 Å². The molecule has 3 rings (SSSR count). The molecule has 0 aromatic heterocycles. The zero-order chi connectivity index (χ0) is 21.5. The average molecular weight is 412 g/mol. The molecule has 0 saturated carbocycles. The Hall–Kier alpha value is -3.22. The summed E-state index contributed by atoms with van der Waals surface area (Å²) in [6, 6.07) is 12.8. The topological polar surface area (TPSA) is 68.3 Å². The van der Waals surface area contributed by atoms with Gasteiger partial charge in [0, 0.05) is 32.4 Å². The fourth-order valence-corrected chi connectivity index (χ4v) is 3.27. The van der Waals surface area contributed by atoms with Crippen LogP contribution in [0.1, 0.15) is 29.8 Å². The van der Waals surface area contributed by atoms with Crippen LogP contribution >= 0.6 is 0 Å². The van der Waals surface area contributed by atoms with Crippen LogP contribution in [0.25, 0.3) is 0 Å². The molecule has 2 aromatic carbocycles. The molecule has 0 spiro atoms. The van der Waals surface area contributed by atoms with Crippen LogP contribution in [0.3, 0.4) is 0 Å². The third kappa shape index (κ3) is 5.23. The summed E-state index contributed by atoms with van der Waals surface area (Å²) in [7, 11) is 1.67. The molecule has 1 aliphatic heterocycles. The minimum atomic E-state index is -0.512. The molecule has 1 amide bonds. The second kappa shape index (κ2) is 10.0. The maximum atomic E-state index is 12.4. The number of carbonyl (C=O) groups is 2. The monoisotopic (exact) mass is 412 g/mol. The molecule has 1 aliphatic rings. The van der Waals surface area contributed by atoms with Gasteiger partial charge in [-0.3, -0.25) is 4.79 Å². The van der Waals surface area contributed by atoms with E-state index in [2.05, 4.69) is 18.7 Å². The van der Waals surface area contributed by atoms with Gasteiger partial charge in [-0.1, -0.05) is 6.07 Å². The van der Waals surface area contributed by atoms with Crippen LogP contribution in [-0.4, -0.2) is 56.7 Å². The molecule has 7 nitrogen and oxygen atoms in total. The molecular formula is C23H28N2O5. The molecule has 0 saturated heterocycles. The first-order valence-electron chi connectivity index (χ1n) is 10.2. The summed E-state index contributed by atoms with van der Waals surface area (Å²) in [6.07, 6.45) is 0. The van der Waals surface area contributed by atoms with E-state index in [1.54, 1.807) is 19.2 Å². The van der Waals surface area contributed by atoms with Crippen molar-refractivity contribution in [3.63, 3.8) is 0 Å². The van der Waals surface area contributed by atoms with E-state index in [1.807, 2.05) is 30.3 Å². The Bertz CT molecular complexity index is 878. The second-order valence-corrected chi connectivity index (χ2v) is 7.02. The fourth-order valence-electron chi connectivity index (χ4n) is 3.27. The molecule has 0 radical (unpaired) electrons. The van der Waals surface area contributed by atoms with Gasteiger partial charge in [-0.25, -0.2) is 4.79 Å². The molecule has 0 unspecified atom stereocenters. The third-order valence-corrected chi connectivity index (χ3v) is 5.01. The first-order chi connectivity index (χ1) is 14.5. The summed E-state index contributed by atoms with van der Waals surface area (Å²) < 4.78 is 16.3. The van der Waals surface area contributed by atoms with Crippen LogP contribution in [0, 0.1) is 0 Å². The SMILES string of the molecule is CCN(CC)c1ccc(C(=O)OCC(=O)N(C)Cc2ccc3c(c2)OCCO3)cc1. The van der Waals surface area contributed by atoms with Crippen molar-refractivity contribution >= 4 is 17.6 Å². The standard InChI is InChI=1S/C23H28N2O5/c1-4-25(5-2)19-9-7-18(8-10-19)23(27)30-16-22(26)24(3)15-17-6-11-20-21(14-17)29-13-12-28-20/h6-11,14H,4-5,12-13,15-16H2,1-3H3. The maximum Gasteiger partial charge on any atom is 0.338 e. The van der Waals surface area contributed by atoms with E-state index in [-0.39, 0.29) is 12.5 Å². The number of ether oxygens (including phenoxy) is 3. The summed E-state index contributed by atoms with van der Waals surface area (Å²) in [5.74, 6) is 0.597. The molecule has 30 heavy (non-hydrogen) atoms. The highest BCUT2D eigenvalue weighted by Gasteiger charge is 2.16. The molecule has 160 valence electrons. The lowest BCUT2D eigenvalue weighted by atomic mass is 10.2. The summed E-state index contributed by atoms with van der Waals surface area (Å²) in [5, 5.41) is 0. The fraction of sp³-hybridized carbons (Fsp3) is 0.391. The van der Waals surface area contributed by atoms with E-state index in [1.165, 1.54) is 4.90 Å². The number of hydrogen-bond acceptors (Lipinski definition) is 6. The van der Waals surface area contributed by atoms with Crippen molar-refractivity contribution in [2.24, 2.45) is 0 Å². The van der Waals surface area contributed by atoms with Gasteiger partial charge in [0.1, 0.15) is 13.2 Å². The van der Waals surface area contributed by atoms with Gasteiger partial charge in [0.05, 0.1) is 5.56 Å². The van der Waals surface area contributed by atoms with Crippen LogP contribution in [0.4, 0.5) is 5.69 Å². The number of hydrogen-bond donors (Lipinski definition) is 0. The Balaban J connectivity index is 1.51. The van der Waals surface area contributed by atoms with Crippen LogP contribution in [0.5, 0.6) is 11.5 Å². The zero-order valence-corrected chi connectivity index (χ0v) is 17.7. The Morgan fingerprint density at radius 1 is 0.967 bits per heavy atom. The van der Waals surface area contributed by atoms with Crippen LogP contribution in [-0.2, 0) is 16.1 Å². The lowest BCUT2D eigenvalue weighted by Crippen LogP contribution is -2.31. The number of benzene rings is 2. The number of fused-ring (bicyclic) bond motifs is 1. The molecule has 2 aromatic rings. The molecule has 1 heterocycles. The van der Waals surface area contributed by atoms with Gasteiger partial charge in [-0.15, -0.1) is 0 Å². The molecule has 0 bridgehead atoms. The molecular weight excluding hydrogens is 384 g/mol. The lowest BCUT2D eigenvalue weighted by Gasteiger charge is -2.21. The van der Waals surface area contributed by atoms with E-state index in [9.17, 15) is 9.59 Å². The highest BCUT2D eigenvalue weighted by molar-refractivity contribution is 5.91. The average Bonchev–Trinajstić information content (AvgIpc) is 2.78. The number of rotatable bonds is 8. The van der Waals surface area contributed by atoms with Crippen molar-refractivity contribution in [2.75, 3.05) is 44.9 Å². The Labute approximate surface area is 177 Å². The first kappa shape index (κ1) is 21.5. The Morgan fingerprint density at radius 3 is 2.30 bits per heavy atom. The zero-order valence-electron chi connectivity index (χ0n) is 17.7. The van der Waals surface area contributed by atoms with Crippen LogP contribution in [0.15, 0.2) is 42.5 Å². The van der Waals surface area contributed by atoms with Crippen molar-refractivity contribution in [3.05, 3.63) is 53.6 Å². The summed E-state index contributed by atoms with van der Waals surface area (Å²) in [5.41, 5.74) is 2.38. The van der Waals surface area contributed by atoms with Crippen molar-refractivity contribution < 1.29 is 23.8 Å². The number of amides is 1. The minimum absolute atomic E-state index is 0.280. The number of nitrogens with zero attached hydrogens (tertiary/aromatic N) is 2. The first-order valence-corrected chi connectivity index (χ1v) is 10.2. The van der Waals surface area contributed by atoms with Crippen molar-refractivity contribution in [1.82, 2.24) is 4.90 Å². The van der Waals surface area contributed by atoms with Crippen molar-refractivity contribution in [1.29, 1.82) is 0 Å². The van der Waals surface area contributed by atoms with Gasteiger partial charge in [0.2, 0.25) is 0 Å². The van der Waals surface area contributed by atoms with E-state index < -0.39 is 5.97 Å². The Morgan fingerprint density at radius 2 is 1.63 bits per heavy atom. The van der Waals surface area contributed by atoms with Gasteiger partial charge < -0.3 is 24.0 Å². The summed E-state index contributed by atoms with van der Waals surface area (Å²) in [6.45, 7) is 7.07. The van der Waals surface area contributed by atoms with Crippen molar-refractivity contribution in [3.8, 4) is 11.5 Å². The molecule has 0 N–H and O–H groups in total. The van der Waals surface area contributed by atoms with Gasteiger partial charge >= 0.3 is 5.97 Å². The van der Waals surface area contributed by atoms with Gasteiger partial charge in [-0.05, 0) is 55.8 Å². The van der Waals surface area contributed by atoms with Crippen LogP contribution < -0.4 is 14.4 Å². The van der Waals surface area contributed by atoms with E-state index in [4.69, 9.17) is 14.2 Å². The number of carbonyl (C=O) groups excluding carboxylic acids is 2. The maximum absolute atomic E-state index is 12.4. The van der Waals surface area contributed by atoms with E-state index in [0.29, 0.717) is 36.8 Å². The van der Waals surface area contributed by atoms with Crippen LogP contribution in [0.2, 0.25) is 0 Å². The number of anilines is 1. The van der Waals surface area contributed by atoms with Crippen molar-refractivity contribution in [2.45, 2.75) is 20.4 Å². The second-order valence-electron chi connectivity index (χ2n) is 7.02. The summed E-state index contributed by atoms with van der Waals surface area (Å²) in [4.78, 5) is 28.4. The smallest absolute Gasteiger partial charge is 0.338 e. The van der Waals surface area contributed by atoms with E-state index >= 15 is 0 Å². The van der Waals surface area contributed by atoms with Gasteiger partial charge in [0.15, 0.2) is 18.1 Å². The normalized spacial score (nSPS) is 12.2. The largest absolute Gasteiger partial charge is 0.486 e. The molecule has 0 atom stereocenters. The number of likely N-dealkylation sites (N-methyl/N-ethyl adjacent to an activating group) is 1. The molecule has 0 fully saturated rings. The number of esters is 1. The quantitative estimate of drug-likeness (QED) is 0.621. The van der Waals surface area contributed by atoms with Gasteiger partial charge in [0.25, 0.3) is 5.91 Å².